The molecule has 1 fully saturated rings. The van der Waals surface area contributed by atoms with Crippen LogP contribution < -0.4 is 5.32 Å². The number of rotatable bonds is 7. The van der Waals surface area contributed by atoms with Gasteiger partial charge in [-0.2, -0.15) is 0 Å². The van der Waals surface area contributed by atoms with Crippen LogP contribution in [0.5, 0.6) is 0 Å². The van der Waals surface area contributed by atoms with Crippen LogP contribution in [0.2, 0.25) is 0 Å². The predicted octanol–water partition coefficient (Wildman–Crippen LogP) is 1.85. The molecule has 0 radical (unpaired) electrons. The second kappa shape index (κ2) is 8.28. The molecule has 3 unspecified atom stereocenters. The maximum atomic E-state index is 11.1. The standard InChI is InChI=1S/C14H30N2OS/c1-5-16-9-6-14(7-10-16)13(3)15-12(2)8-11-18(4)17/h12-15H,5-11H2,1-4H3. The van der Waals surface area contributed by atoms with Crippen molar-refractivity contribution in [3.8, 4) is 0 Å². The third kappa shape index (κ3) is 5.81. The van der Waals surface area contributed by atoms with Crippen LogP contribution in [0.1, 0.15) is 40.0 Å². The molecule has 1 aliphatic heterocycles. The molecule has 3 atom stereocenters. The van der Waals surface area contributed by atoms with E-state index in [1.165, 1.54) is 32.5 Å². The molecular weight excluding hydrogens is 244 g/mol. The fraction of sp³-hybridized carbons (Fsp3) is 1.00. The molecule has 1 rings (SSSR count). The highest BCUT2D eigenvalue weighted by molar-refractivity contribution is 7.84. The van der Waals surface area contributed by atoms with Crippen molar-refractivity contribution in [3.63, 3.8) is 0 Å². The number of hydrogen-bond donors (Lipinski definition) is 1. The number of hydrogen-bond acceptors (Lipinski definition) is 3. The monoisotopic (exact) mass is 274 g/mol. The van der Waals surface area contributed by atoms with Crippen LogP contribution in [-0.2, 0) is 10.8 Å². The Morgan fingerprint density at radius 1 is 1.33 bits per heavy atom. The summed E-state index contributed by atoms with van der Waals surface area (Å²) in [6.07, 6.45) is 5.43. The lowest BCUT2D eigenvalue weighted by atomic mass is 9.90. The second-order valence-corrected chi connectivity index (χ2v) is 7.25. The van der Waals surface area contributed by atoms with E-state index in [4.69, 9.17) is 0 Å². The van der Waals surface area contributed by atoms with Gasteiger partial charge < -0.3 is 10.2 Å². The smallest absolute Gasteiger partial charge is 0.0246 e. The first-order valence-corrected chi connectivity index (χ1v) is 9.04. The molecule has 0 aromatic rings. The minimum atomic E-state index is -0.658. The van der Waals surface area contributed by atoms with E-state index in [1.807, 2.05) is 0 Å². The van der Waals surface area contributed by atoms with Crippen molar-refractivity contribution in [2.45, 2.75) is 52.1 Å². The molecule has 1 saturated heterocycles. The van der Waals surface area contributed by atoms with Crippen molar-refractivity contribution in [2.24, 2.45) is 5.92 Å². The Balaban J connectivity index is 2.23. The van der Waals surface area contributed by atoms with E-state index < -0.39 is 10.8 Å². The SMILES string of the molecule is CCN1CCC(C(C)NC(C)CCS(C)=O)CC1. The van der Waals surface area contributed by atoms with Crippen molar-refractivity contribution in [2.75, 3.05) is 31.6 Å². The van der Waals surface area contributed by atoms with Gasteiger partial charge in [-0.1, -0.05) is 6.92 Å². The molecular formula is C14H30N2OS. The molecule has 0 spiro atoms. The highest BCUT2D eigenvalue weighted by atomic mass is 32.2. The minimum absolute atomic E-state index is 0.480. The van der Waals surface area contributed by atoms with E-state index in [0.717, 1.165) is 18.1 Å². The van der Waals surface area contributed by atoms with Crippen LogP contribution in [0.25, 0.3) is 0 Å². The Morgan fingerprint density at radius 2 is 1.94 bits per heavy atom. The summed E-state index contributed by atoms with van der Waals surface area (Å²) in [5.41, 5.74) is 0. The summed E-state index contributed by atoms with van der Waals surface area (Å²) in [5.74, 6) is 1.62. The van der Waals surface area contributed by atoms with Gasteiger partial charge in [-0.05, 0) is 58.7 Å². The molecule has 0 aromatic heterocycles. The Bertz CT molecular complexity index is 252. The molecule has 0 aromatic carbocycles. The molecule has 0 saturated carbocycles. The van der Waals surface area contributed by atoms with Crippen molar-refractivity contribution < 1.29 is 4.21 Å². The molecule has 0 amide bonds. The summed E-state index contributed by atoms with van der Waals surface area (Å²) in [4.78, 5) is 2.53. The molecule has 0 bridgehead atoms. The Labute approximate surface area is 115 Å². The average molecular weight is 274 g/mol. The van der Waals surface area contributed by atoms with Crippen LogP contribution >= 0.6 is 0 Å². The van der Waals surface area contributed by atoms with E-state index >= 15 is 0 Å². The van der Waals surface area contributed by atoms with Gasteiger partial charge in [-0.15, -0.1) is 0 Å². The highest BCUT2D eigenvalue weighted by Crippen LogP contribution is 2.20. The van der Waals surface area contributed by atoms with Crippen molar-refractivity contribution >= 4 is 10.8 Å². The topological polar surface area (TPSA) is 32.3 Å². The van der Waals surface area contributed by atoms with Gasteiger partial charge in [0.2, 0.25) is 0 Å². The maximum absolute atomic E-state index is 11.1. The third-order valence-corrected chi connectivity index (χ3v) is 4.98. The molecule has 108 valence electrons. The summed E-state index contributed by atoms with van der Waals surface area (Å²) < 4.78 is 11.1. The molecule has 1 N–H and O–H groups in total. The summed E-state index contributed by atoms with van der Waals surface area (Å²) in [7, 11) is -0.658. The van der Waals surface area contributed by atoms with Gasteiger partial charge >= 0.3 is 0 Å². The van der Waals surface area contributed by atoms with Gasteiger partial charge in [0.05, 0.1) is 0 Å². The number of piperidine rings is 1. The lowest BCUT2D eigenvalue weighted by Crippen LogP contribution is -2.44. The van der Waals surface area contributed by atoms with Crippen molar-refractivity contribution in [1.29, 1.82) is 0 Å². The summed E-state index contributed by atoms with van der Waals surface area (Å²) in [6, 6.07) is 1.07. The van der Waals surface area contributed by atoms with Gasteiger partial charge in [-0.25, -0.2) is 0 Å². The van der Waals surface area contributed by atoms with Gasteiger partial charge in [0.1, 0.15) is 0 Å². The molecule has 1 heterocycles. The first kappa shape index (κ1) is 16.1. The normalized spacial score (nSPS) is 23.8. The summed E-state index contributed by atoms with van der Waals surface area (Å²) in [6.45, 7) is 10.5. The fourth-order valence-corrected chi connectivity index (χ4v) is 3.47. The molecule has 4 heteroatoms. The van der Waals surface area contributed by atoms with E-state index in [1.54, 1.807) is 6.26 Å². The average Bonchev–Trinajstić information content (AvgIpc) is 2.36. The molecule has 0 aliphatic carbocycles. The van der Waals surface area contributed by atoms with Crippen LogP contribution in [0, 0.1) is 5.92 Å². The lowest BCUT2D eigenvalue weighted by Gasteiger charge is -2.35. The largest absolute Gasteiger partial charge is 0.311 e. The maximum Gasteiger partial charge on any atom is 0.0246 e. The Hall–Kier alpha value is 0.0700. The molecule has 3 nitrogen and oxygen atoms in total. The molecule has 18 heavy (non-hydrogen) atoms. The van der Waals surface area contributed by atoms with E-state index in [-0.39, 0.29) is 0 Å². The van der Waals surface area contributed by atoms with Crippen LogP contribution in [0.15, 0.2) is 0 Å². The minimum Gasteiger partial charge on any atom is -0.311 e. The van der Waals surface area contributed by atoms with Gasteiger partial charge in [0.25, 0.3) is 0 Å². The van der Waals surface area contributed by atoms with Gasteiger partial charge in [-0.3, -0.25) is 4.21 Å². The molecule has 1 aliphatic rings. The van der Waals surface area contributed by atoms with Crippen molar-refractivity contribution in [1.82, 2.24) is 10.2 Å². The highest BCUT2D eigenvalue weighted by Gasteiger charge is 2.23. The summed E-state index contributed by atoms with van der Waals surface area (Å²) in [5, 5.41) is 3.68. The third-order valence-electron chi connectivity index (χ3n) is 4.17. The van der Waals surface area contributed by atoms with Crippen LogP contribution in [-0.4, -0.2) is 52.8 Å². The number of likely N-dealkylation sites (tertiary alicyclic amines) is 1. The van der Waals surface area contributed by atoms with Crippen LogP contribution in [0.3, 0.4) is 0 Å². The number of nitrogens with one attached hydrogen (secondary N) is 1. The lowest BCUT2D eigenvalue weighted by molar-refractivity contribution is 0.165. The first-order chi connectivity index (χ1) is 8.52. The van der Waals surface area contributed by atoms with Gasteiger partial charge in [0.15, 0.2) is 0 Å². The first-order valence-electron chi connectivity index (χ1n) is 7.31. The van der Waals surface area contributed by atoms with E-state index in [0.29, 0.717) is 12.1 Å². The van der Waals surface area contributed by atoms with Crippen LogP contribution in [0.4, 0.5) is 0 Å². The van der Waals surface area contributed by atoms with E-state index in [2.05, 4.69) is 31.0 Å². The Morgan fingerprint density at radius 3 is 2.44 bits per heavy atom. The second-order valence-electron chi connectivity index (χ2n) is 5.69. The zero-order chi connectivity index (χ0) is 13.5. The number of nitrogens with zero attached hydrogens (tertiary/aromatic N) is 1. The zero-order valence-corrected chi connectivity index (χ0v) is 13.3. The van der Waals surface area contributed by atoms with E-state index in [9.17, 15) is 4.21 Å². The predicted molar refractivity (Wildman–Crippen MR) is 80.4 cm³/mol. The fourth-order valence-electron chi connectivity index (χ4n) is 2.78. The Kier molecular flexibility index (Phi) is 7.42. The quantitative estimate of drug-likeness (QED) is 0.769. The summed E-state index contributed by atoms with van der Waals surface area (Å²) >= 11 is 0. The van der Waals surface area contributed by atoms with Crippen molar-refractivity contribution in [3.05, 3.63) is 0 Å². The zero-order valence-electron chi connectivity index (χ0n) is 12.4. The van der Waals surface area contributed by atoms with Gasteiger partial charge in [0, 0.05) is 34.9 Å².